The highest BCUT2D eigenvalue weighted by molar-refractivity contribution is 5.91. The first kappa shape index (κ1) is 33.6. The average Bonchev–Trinajstić information content (AvgIpc) is 2.83. The summed E-state index contributed by atoms with van der Waals surface area (Å²) >= 11 is 0. The maximum absolute atomic E-state index is 13.2. The van der Waals surface area contributed by atoms with E-state index in [9.17, 15) is 14.8 Å². The van der Waals surface area contributed by atoms with E-state index in [0.717, 1.165) is 69.9 Å². The average molecular weight is 546 g/mol. The molecule has 0 amide bonds. The van der Waals surface area contributed by atoms with Crippen LogP contribution in [0, 0.1) is 38.4 Å². The maximum atomic E-state index is 13.2. The van der Waals surface area contributed by atoms with Crippen LogP contribution in [0.15, 0.2) is 16.8 Å². The van der Waals surface area contributed by atoms with Gasteiger partial charge in [-0.2, -0.15) is 0 Å². The molecule has 0 aromatic heterocycles. The van der Waals surface area contributed by atoms with Crippen molar-refractivity contribution in [2.75, 3.05) is 7.11 Å². The van der Waals surface area contributed by atoms with Gasteiger partial charge in [0.05, 0.1) is 18.2 Å². The van der Waals surface area contributed by atoms with Crippen molar-refractivity contribution in [3.05, 3.63) is 11.6 Å². The molecule has 2 aliphatic carbocycles. The predicted octanol–water partition coefficient (Wildman–Crippen LogP) is 9.17. The number of oxime groups is 1. The molecule has 0 radical (unpaired) electrons. The van der Waals surface area contributed by atoms with E-state index in [-0.39, 0.29) is 38.8 Å². The van der Waals surface area contributed by atoms with E-state index in [1.807, 2.05) is 6.08 Å². The van der Waals surface area contributed by atoms with Gasteiger partial charge in [-0.15, -0.1) is 0 Å². The molecule has 39 heavy (non-hydrogen) atoms. The molecule has 0 aromatic carbocycles. The third-order valence-corrected chi connectivity index (χ3v) is 11.6. The Morgan fingerprint density at radius 2 is 1.59 bits per heavy atom. The van der Waals surface area contributed by atoms with Gasteiger partial charge in [0.25, 0.3) is 0 Å². The molecule has 0 unspecified atom stereocenters. The highest BCUT2D eigenvalue weighted by Gasteiger charge is 2.60. The number of hydrogen-bond donors (Lipinski definition) is 1. The molecule has 224 valence electrons. The summed E-state index contributed by atoms with van der Waals surface area (Å²) in [5.41, 5.74) is 1.02. The van der Waals surface area contributed by atoms with Crippen LogP contribution in [0.2, 0.25) is 0 Å². The van der Waals surface area contributed by atoms with Gasteiger partial charge in [-0.1, -0.05) is 79.5 Å². The summed E-state index contributed by atoms with van der Waals surface area (Å²) < 4.78 is 5.35. The number of ether oxygens (including phenoxy) is 1. The second-order valence-corrected chi connectivity index (χ2v) is 15.6. The summed E-state index contributed by atoms with van der Waals surface area (Å²) in [6.07, 6.45) is 11.2. The first-order valence-corrected chi connectivity index (χ1v) is 15.3. The Morgan fingerprint density at radius 1 is 1.00 bits per heavy atom. The lowest BCUT2D eigenvalue weighted by Gasteiger charge is -2.63. The van der Waals surface area contributed by atoms with Gasteiger partial charge in [-0.25, -0.2) is 0 Å². The minimum Gasteiger partial charge on any atom is -0.469 e. The zero-order chi connectivity index (χ0) is 30.1. The van der Waals surface area contributed by atoms with Crippen molar-refractivity contribution in [1.82, 2.24) is 0 Å². The number of methoxy groups -OCH3 is 1. The van der Waals surface area contributed by atoms with Gasteiger partial charge < -0.3 is 9.94 Å². The van der Waals surface area contributed by atoms with Crippen LogP contribution >= 0.6 is 0 Å². The Morgan fingerprint density at radius 3 is 2.10 bits per heavy atom. The first-order chi connectivity index (χ1) is 17.8. The molecule has 0 spiro atoms. The van der Waals surface area contributed by atoms with Crippen LogP contribution in [-0.2, 0) is 14.3 Å². The molecule has 5 nitrogen and oxygen atoms in total. The van der Waals surface area contributed by atoms with Gasteiger partial charge in [0, 0.05) is 5.41 Å². The van der Waals surface area contributed by atoms with E-state index in [2.05, 4.69) is 74.4 Å². The molecular formula is C34H59NO4. The van der Waals surface area contributed by atoms with E-state index in [1.165, 1.54) is 12.7 Å². The first-order valence-electron chi connectivity index (χ1n) is 15.3. The highest BCUT2D eigenvalue weighted by atomic mass is 16.5. The fourth-order valence-corrected chi connectivity index (χ4v) is 8.34. The number of carbonyl (C=O) groups excluding carboxylic acids is 2. The largest absolute Gasteiger partial charge is 0.469 e. The normalized spacial score (nSPS) is 31.0. The summed E-state index contributed by atoms with van der Waals surface area (Å²) in [4.78, 5) is 25.9. The Bertz CT molecular complexity index is 974. The minimum absolute atomic E-state index is 0.0888. The minimum atomic E-state index is -0.543. The van der Waals surface area contributed by atoms with Crippen LogP contribution < -0.4 is 0 Å². The maximum Gasteiger partial charge on any atom is 0.311 e. The van der Waals surface area contributed by atoms with Crippen LogP contribution in [0.4, 0.5) is 0 Å². The Kier molecular flexibility index (Phi) is 10.1. The number of carbonyl (C=O) groups is 2. The highest BCUT2D eigenvalue weighted by Crippen LogP contribution is 2.68. The lowest BCUT2D eigenvalue weighted by Crippen LogP contribution is -2.56. The van der Waals surface area contributed by atoms with Crippen molar-refractivity contribution in [3.63, 3.8) is 0 Å². The molecule has 2 aliphatic rings. The number of esters is 1. The number of hydrogen-bond acceptors (Lipinski definition) is 5. The zero-order valence-corrected chi connectivity index (χ0v) is 27.3. The van der Waals surface area contributed by atoms with Crippen molar-refractivity contribution in [2.24, 2.45) is 43.6 Å². The number of nitrogens with zero attached hydrogens (tertiary/aromatic N) is 1. The van der Waals surface area contributed by atoms with Crippen molar-refractivity contribution >= 4 is 17.5 Å². The molecule has 0 heterocycles. The molecule has 2 rings (SSSR count). The lowest BCUT2D eigenvalue weighted by molar-refractivity contribution is -0.153. The van der Waals surface area contributed by atoms with Crippen LogP contribution in [0.3, 0.4) is 0 Å². The quantitative estimate of drug-likeness (QED) is 0.121. The van der Waals surface area contributed by atoms with Crippen LogP contribution in [0.5, 0.6) is 0 Å². The second-order valence-electron chi connectivity index (χ2n) is 15.6. The van der Waals surface area contributed by atoms with Gasteiger partial charge in [0.2, 0.25) is 0 Å². The lowest BCUT2D eigenvalue weighted by atomic mass is 9.41. The topological polar surface area (TPSA) is 76.0 Å². The van der Waals surface area contributed by atoms with Gasteiger partial charge in [-0.3, -0.25) is 9.59 Å². The van der Waals surface area contributed by atoms with Crippen molar-refractivity contribution < 1.29 is 19.5 Å². The van der Waals surface area contributed by atoms with Gasteiger partial charge in [-0.05, 0) is 105 Å². The smallest absolute Gasteiger partial charge is 0.311 e. The van der Waals surface area contributed by atoms with Gasteiger partial charge >= 0.3 is 5.97 Å². The fourth-order valence-electron chi connectivity index (χ4n) is 8.34. The third-order valence-electron chi connectivity index (χ3n) is 11.6. The molecule has 0 aliphatic heterocycles. The molecule has 4 atom stereocenters. The summed E-state index contributed by atoms with van der Waals surface area (Å²) in [6.45, 7) is 24.3. The monoisotopic (exact) mass is 545 g/mol. The Labute approximate surface area is 239 Å². The van der Waals surface area contributed by atoms with E-state index in [0.29, 0.717) is 5.92 Å². The van der Waals surface area contributed by atoms with Crippen molar-refractivity contribution in [1.29, 1.82) is 0 Å². The van der Waals surface area contributed by atoms with Gasteiger partial charge in [0.1, 0.15) is 0 Å². The van der Waals surface area contributed by atoms with E-state index in [1.54, 1.807) is 6.92 Å². The second kappa shape index (κ2) is 11.7. The standard InChI is InChI=1S/C34H59NO4/c1-13-16-29(3,4)19-21-32(9,28(37)39-12)22-20-30(5,6)34(11)18-14-25-31(7,8)27(35-38)15-17-33(25,10)26(34)23-24(2)36/h23,25,38H,13-22H2,1-12H3/b26-23-,35-27?/t25-,32-,33-,34+/m0/s1. The number of rotatable bonds is 11. The van der Waals surface area contributed by atoms with E-state index >= 15 is 0 Å². The van der Waals surface area contributed by atoms with E-state index in [4.69, 9.17) is 4.74 Å². The molecule has 2 saturated carbocycles. The fraction of sp³-hybridized carbons (Fsp3) is 0.853. The van der Waals surface area contributed by atoms with Crippen molar-refractivity contribution in [2.45, 2.75) is 140 Å². The zero-order valence-electron chi connectivity index (χ0n) is 27.3. The van der Waals surface area contributed by atoms with Crippen LogP contribution in [-0.4, -0.2) is 29.8 Å². The number of ketones is 1. The number of allylic oxidation sites excluding steroid dienone is 2. The summed E-state index contributed by atoms with van der Waals surface area (Å²) in [5.74, 6) is 0.266. The predicted molar refractivity (Wildman–Crippen MR) is 161 cm³/mol. The van der Waals surface area contributed by atoms with Crippen LogP contribution in [0.25, 0.3) is 0 Å². The SMILES string of the molecule is CCCC(C)(C)CC[C@@](C)(CCC(C)(C)[C@]1(C)CC[C@H]2C(C)(C)C(=NO)CC[C@]2(C)/C1=C/C(C)=O)C(=O)OC. The van der Waals surface area contributed by atoms with Crippen molar-refractivity contribution in [3.8, 4) is 0 Å². The molecular weight excluding hydrogens is 486 g/mol. The third kappa shape index (κ3) is 6.48. The summed E-state index contributed by atoms with van der Waals surface area (Å²) in [6, 6.07) is 0. The molecule has 0 bridgehead atoms. The molecule has 5 heteroatoms. The Hall–Kier alpha value is -1.65. The Balaban J connectivity index is 2.45. The molecule has 0 aromatic rings. The molecule has 2 fully saturated rings. The van der Waals surface area contributed by atoms with E-state index < -0.39 is 5.41 Å². The molecule has 0 saturated heterocycles. The molecule has 1 N–H and O–H groups in total. The summed E-state index contributed by atoms with van der Waals surface area (Å²) in [7, 11) is 1.51. The summed E-state index contributed by atoms with van der Waals surface area (Å²) in [5, 5.41) is 13.5. The van der Waals surface area contributed by atoms with Crippen LogP contribution in [0.1, 0.15) is 140 Å². The number of fused-ring (bicyclic) bond motifs is 1. The van der Waals surface area contributed by atoms with Gasteiger partial charge in [0.15, 0.2) is 5.78 Å².